The normalized spacial score (nSPS) is 14.6. The second kappa shape index (κ2) is 12.0. The summed E-state index contributed by atoms with van der Waals surface area (Å²) < 4.78 is 32.9. The Morgan fingerprint density at radius 2 is 0.705 bits per heavy atom. The smallest absolute Gasteiger partial charge is 0.186 e. The molecule has 3 nitrogen and oxygen atoms in total. The molecule has 0 fully saturated rings. The van der Waals surface area contributed by atoms with Crippen LogP contribution in [-0.4, -0.2) is 5.78 Å². The molecule has 0 saturated heterocycles. The van der Waals surface area contributed by atoms with Crippen LogP contribution in [0.4, 0.5) is 0 Å². The number of hydrogen-bond donors (Lipinski definition) is 0. The lowest BCUT2D eigenvalue weighted by atomic mass is 9.72. The molecule has 1 aliphatic rings. The molecule has 0 radical (unpaired) electrons. The van der Waals surface area contributed by atoms with Crippen LogP contribution in [0.5, 0.6) is 0 Å². The molecule has 0 heterocycles. The summed E-state index contributed by atoms with van der Waals surface area (Å²) >= 11 is 0. The first-order valence-electron chi connectivity index (χ1n) is 15.0. The summed E-state index contributed by atoms with van der Waals surface area (Å²) in [5.74, 6) is -0.0309. The summed E-state index contributed by atoms with van der Waals surface area (Å²) in [6.07, 6.45) is 3.73. The average molecular weight is 619 g/mol. The zero-order chi connectivity index (χ0) is 31.8. The third kappa shape index (κ3) is 5.72. The molecule has 0 N–H and O–H groups in total. The SMILES string of the molecule is CC(C)(C)C1=CC(=C(P(=O)(c2ccccc2)c2ccccc2)P(=O)(c2ccccc2)c2ccccc2)C=C(C(C)(C)C)C1=O. The second-order valence-corrected chi connectivity index (χ2v) is 19.0. The Labute approximate surface area is 262 Å². The molecular weight excluding hydrogens is 578 g/mol. The van der Waals surface area contributed by atoms with E-state index >= 15 is 9.13 Å². The molecule has 0 bridgehead atoms. The van der Waals surface area contributed by atoms with Gasteiger partial charge in [0.25, 0.3) is 0 Å². The highest BCUT2D eigenvalue weighted by molar-refractivity contribution is 8.00. The van der Waals surface area contributed by atoms with Crippen molar-refractivity contribution in [2.75, 3.05) is 0 Å². The first kappa shape index (κ1) is 31.6. The highest BCUT2D eigenvalue weighted by Gasteiger charge is 2.47. The molecule has 4 aromatic carbocycles. The molecular formula is C39H40O3P2. The number of carbonyl (C=O) groups excluding carboxylic acids is 1. The maximum atomic E-state index is 16.4. The Kier molecular flexibility index (Phi) is 8.60. The van der Waals surface area contributed by atoms with Crippen molar-refractivity contribution < 1.29 is 13.9 Å². The minimum atomic E-state index is -3.82. The van der Waals surface area contributed by atoms with Gasteiger partial charge in [0.15, 0.2) is 20.1 Å². The fourth-order valence-corrected chi connectivity index (χ4v) is 13.7. The molecule has 0 saturated carbocycles. The van der Waals surface area contributed by atoms with E-state index < -0.39 is 25.1 Å². The maximum Gasteiger partial charge on any atom is 0.186 e. The van der Waals surface area contributed by atoms with Gasteiger partial charge in [0.05, 0.1) is 5.06 Å². The third-order valence-electron chi connectivity index (χ3n) is 8.04. The number of ketones is 1. The van der Waals surface area contributed by atoms with Gasteiger partial charge in [-0.2, -0.15) is 0 Å². The van der Waals surface area contributed by atoms with Crippen molar-refractivity contribution in [3.8, 4) is 0 Å². The molecule has 0 amide bonds. The van der Waals surface area contributed by atoms with Gasteiger partial charge in [-0.25, -0.2) is 0 Å². The van der Waals surface area contributed by atoms with Gasteiger partial charge in [0.1, 0.15) is 0 Å². The Hall–Kier alpha value is -3.77. The molecule has 0 aliphatic heterocycles. The number of allylic oxidation sites excluding steroid dienone is 5. The molecule has 0 unspecified atom stereocenters. The fourth-order valence-electron chi connectivity index (χ4n) is 5.77. The lowest BCUT2D eigenvalue weighted by Crippen LogP contribution is -2.29. The van der Waals surface area contributed by atoms with Gasteiger partial charge in [-0.3, -0.25) is 4.79 Å². The van der Waals surface area contributed by atoms with E-state index in [1.807, 2.05) is 175 Å². The number of benzene rings is 4. The van der Waals surface area contributed by atoms with Gasteiger partial charge in [-0.1, -0.05) is 163 Å². The van der Waals surface area contributed by atoms with Crippen molar-refractivity contribution in [1.82, 2.24) is 0 Å². The van der Waals surface area contributed by atoms with Crippen molar-refractivity contribution >= 4 is 41.3 Å². The summed E-state index contributed by atoms with van der Waals surface area (Å²) in [5.41, 5.74) is 0.776. The van der Waals surface area contributed by atoms with E-state index in [-0.39, 0.29) is 5.78 Å². The molecule has 5 rings (SSSR count). The van der Waals surface area contributed by atoms with Gasteiger partial charge in [-0.15, -0.1) is 0 Å². The maximum absolute atomic E-state index is 16.4. The number of hydrogen-bond acceptors (Lipinski definition) is 3. The van der Waals surface area contributed by atoms with E-state index in [0.29, 0.717) is 43.0 Å². The van der Waals surface area contributed by atoms with E-state index in [1.54, 1.807) is 0 Å². The molecule has 1 aliphatic carbocycles. The minimum absolute atomic E-state index is 0.0309. The van der Waals surface area contributed by atoms with Crippen LogP contribution in [0.3, 0.4) is 0 Å². The van der Waals surface area contributed by atoms with Crippen LogP contribution < -0.4 is 21.2 Å². The zero-order valence-electron chi connectivity index (χ0n) is 26.3. The third-order valence-corrected chi connectivity index (χ3v) is 15.5. The lowest BCUT2D eigenvalue weighted by Gasteiger charge is -2.35. The summed E-state index contributed by atoms with van der Waals surface area (Å²) in [5, 5.41) is 2.72. The fraction of sp³-hybridized carbons (Fsp3) is 0.205. The van der Waals surface area contributed by atoms with Crippen LogP contribution in [0.2, 0.25) is 0 Å². The molecule has 0 spiro atoms. The van der Waals surface area contributed by atoms with E-state index in [2.05, 4.69) is 0 Å². The zero-order valence-corrected chi connectivity index (χ0v) is 28.1. The van der Waals surface area contributed by atoms with Gasteiger partial charge in [-0.05, 0) is 28.6 Å². The monoisotopic (exact) mass is 618 g/mol. The van der Waals surface area contributed by atoms with Crippen molar-refractivity contribution in [3.63, 3.8) is 0 Å². The second-order valence-electron chi connectivity index (χ2n) is 13.3. The Morgan fingerprint density at radius 1 is 0.455 bits per heavy atom. The van der Waals surface area contributed by atoms with Crippen LogP contribution >= 0.6 is 14.3 Å². The topological polar surface area (TPSA) is 51.2 Å². The summed E-state index contributed by atoms with van der Waals surface area (Å²) in [4.78, 5) is 14.1. The van der Waals surface area contributed by atoms with Crippen LogP contribution in [0, 0.1) is 10.8 Å². The molecule has 44 heavy (non-hydrogen) atoms. The summed E-state index contributed by atoms with van der Waals surface area (Å²) in [7, 11) is -7.63. The average Bonchev–Trinajstić information content (AvgIpc) is 3.02. The van der Waals surface area contributed by atoms with Crippen molar-refractivity contribution in [2.24, 2.45) is 10.8 Å². The lowest BCUT2D eigenvalue weighted by molar-refractivity contribution is -0.114. The molecule has 0 aromatic heterocycles. The van der Waals surface area contributed by atoms with Crippen LogP contribution in [0.1, 0.15) is 41.5 Å². The highest BCUT2D eigenvalue weighted by Crippen LogP contribution is 2.71. The number of carbonyl (C=O) groups is 1. The van der Waals surface area contributed by atoms with Crippen LogP contribution in [0.15, 0.2) is 155 Å². The van der Waals surface area contributed by atoms with Gasteiger partial charge < -0.3 is 9.13 Å². The van der Waals surface area contributed by atoms with E-state index in [9.17, 15) is 4.79 Å². The predicted octanol–water partition coefficient (Wildman–Crippen LogP) is 8.75. The summed E-state index contributed by atoms with van der Waals surface area (Å²) in [6, 6.07) is 37.5. The van der Waals surface area contributed by atoms with E-state index in [0.717, 1.165) is 0 Å². The van der Waals surface area contributed by atoms with E-state index in [4.69, 9.17) is 0 Å². The van der Waals surface area contributed by atoms with Crippen molar-refractivity contribution in [2.45, 2.75) is 41.5 Å². The Bertz CT molecular complexity index is 1630. The first-order chi connectivity index (χ1) is 20.8. The summed E-state index contributed by atoms with van der Waals surface area (Å²) in [6.45, 7) is 12.1. The van der Waals surface area contributed by atoms with Crippen molar-refractivity contribution in [3.05, 3.63) is 155 Å². The molecule has 0 atom stereocenters. The quantitative estimate of drug-likeness (QED) is 0.203. The standard InChI is InChI=1S/C39H40O3P2/c1-38(2,3)34-27-29(28-35(36(34)40)39(4,5)6)37(43(41,30-19-11-7-12-20-30)31-21-13-8-14-22-31)44(42,32-23-15-9-16-24-32)33-25-17-10-18-26-33/h7-28H,1-6H3. The molecule has 4 aromatic rings. The predicted molar refractivity (Wildman–Crippen MR) is 187 cm³/mol. The minimum Gasteiger partial charge on any atom is -0.308 e. The molecule has 5 heteroatoms. The number of rotatable bonds is 6. The first-order valence-corrected chi connectivity index (χ1v) is 18.4. The Morgan fingerprint density at radius 3 is 0.932 bits per heavy atom. The highest BCUT2D eigenvalue weighted by atomic mass is 31.2. The Balaban J connectivity index is 2.09. The van der Waals surface area contributed by atoms with Gasteiger partial charge in [0.2, 0.25) is 0 Å². The van der Waals surface area contributed by atoms with E-state index in [1.165, 1.54) is 0 Å². The largest absolute Gasteiger partial charge is 0.308 e. The van der Waals surface area contributed by atoms with Crippen LogP contribution in [-0.2, 0) is 13.9 Å². The number of Topliss-reactive ketones (excluding diaryl/α,β-unsaturated/α-hetero) is 1. The van der Waals surface area contributed by atoms with Gasteiger partial charge in [0, 0.05) is 32.4 Å². The van der Waals surface area contributed by atoms with Gasteiger partial charge >= 0.3 is 0 Å². The molecule has 224 valence electrons. The van der Waals surface area contributed by atoms with Crippen molar-refractivity contribution in [1.29, 1.82) is 0 Å². The van der Waals surface area contributed by atoms with Crippen LogP contribution in [0.25, 0.3) is 0 Å².